The zero-order chi connectivity index (χ0) is 12.8. The van der Waals surface area contributed by atoms with Crippen LogP contribution in [0.15, 0.2) is 0 Å². The van der Waals surface area contributed by atoms with Gasteiger partial charge in [0.1, 0.15) is 6.04 Å². The van der Waals surface area contributed by atoms with E-state index in [1.54, 1.807) is 0 Å². The first-order valence-electron chi connectivity index (χ1n) is 5.17. The lowest BCUT2D eigenvalue weighted by Gasteiger charge is -2.23. The van der Waals surface area contributed by atoms with E-state index >= 15 is 0 Å². The number of nitrogens with zero attached hydrogens (tertiary/aromatic N) is 1. The van der Waals surface area contributed by atoms with Gasteiger partial charge in [-0.05, 0) is 0 Å². The molecule has 1 N–H and O–H groups in total. The summed E-state index contributed by atoms with van der Waals surface area (Å²) in [6.07, 6.45) is 1.22. The number of rotatable bonds is 6. The molecule has 92 valence electrons. The van der Waals surface area contributed by atoms with Crippen LogP contribution in [0.1, 0.15) is 19.3 Å². The third kappa shape index (κ3) is 3.10. The summed E-state index contributed by atoms with van der Waals surface area (Å²) in [6.45, 7) is -0.616. The van der Waals surface area contributed by atoms with Crippen LogP contribution in [0.2, 0.25) is 0 Å². The minimum Gasteiger partial charge on any atom is -0.352 e. The van der Waals surface area contributed by atoms with Crippen molar-refractivity contribution in [1.29, 1.82) is 0 Å². The van der Waals surface area contributed by atoms with E-state index in [9.17, 15) is 24.3 Å². The molecule has 0 aromatic rings. The van der Waals surface area contributed by atoms with Crippen molar-refractivity contribution in [1.82, 2.24) is 10.2 Å². The van der Waals surface area contributed by atoms with Crippen LogP contribution in [0.4, 0.5) is 0 Å². The lowest BCUT2D eigenvalue weighted by atomic mass is 10.1. The molecule has 0 aromatic heterocycles. The molecule has 0 bridgehead atoms. The molecule has 1 atom stereocenters. The van der Waals surface area contributed by atoms with Crippen LogP contribution in [-0.4, -0.2) is 48.1 Å². The summed E-state index contributed by atoms with van der Waals surface area (Å²) in [6, 6.07) is -1.18. The third-order valence-corrected chi connectivity index (χ3v) is 2.38. The molecule has 7 heteroatoms. The summed E-state index contributed by atoms with van der Waals surface area (Å²) in [5.74, 6) is -1.63. The van der Waals surface area contributed by atoms with E-state index in [1.165, 1.54) is 6.29 Å². The normalized spacial score (nSPS) is 17.1. The predicted octanol–water partition coefficient (Wildman–Crippen LogP) is -1.45. The topological polar surface area (TPSA) is 103 Å². The van der Waals surface area contributed by atoms with Gasteiger partial charge >= 0.3 is 0 Å². The number of hydrogen-bond acceptors (Lipinski definition) is 4. The molecule has 0 aliphatic carbocycles. The molecule has 17 heavy (non-hydrogen) atoms. The largest absolute Gasteiger partial charge is 0.352 e. The zero-order valence-corrected chi connectivity index (χ0v) is 9.10. The van der Waals surface area contributed by atoms with Crippen LogP contribution in [0.25, 0.3) is 0 Å². The Labute approximate surface area is 97.8 Å². The Balaban J connectivity index is 2.76. The number of nitrogens with one attached hydrogen (secondary N) is 1. The second-order valence-corrected chi connectivity index (χ2v) is 3.52. The fourth-order valence-corrected chi connectivity index (χ4v) is 1.61. The van der Waals surface area contributed by atoms with Crippen molar-refractivity contribution in [2.24, 2.45) is 0 Å². The van der Waals surface area contributed by atoms with E-state index in [0.29, 0.717) is 0 Å². The molecule has 7 nitrogen and oxygen atoms in total. The van der Waals surface area contributed by atoms with E-state index in [1.807, 2.05) is 0 Å². The Bertz CT molecular complexity index is 326. The van der Waals surface area contributed by atoms with Gasteiger partial charge in [0.15, 0.2) is 0 Å². The first-order valence-corrected chi connectivity index (χ1v) is 5.17. The maximum atomic E-state index is 11.6. The van der Waals surface area contributed by atoms with Crippen molar-refractivity contribution in [2.75, 3.05) is 13.2 Å². The fourth-order valence-electron chi connectivity index (χ4n) is 1.61. The standard InChI is InChI=1S/C10H12N2O5/c13-5-3-7(10(17)11-4-6-14)12-8(15)1-2-9(12)16/h7H,1-4,6H2,(H,11,17). The molecule has 1 saturated heterocycles. The SMILES string of the molecule is [O]CCNC(=O)C(C[C]=O)N1C(=O)CCC1=O. The molecule has 1 unspecified atom stereocenters. The summed E-state index contributed by atoms with van der Waals surface area (Å²) in [5.41, 5.74) is 0. The van der Waals surface area contributed by atoms with Gasteiger partial charge in [-0.25, -0.2) is 5.11 Å². The van der Waals surface area contributed by atoms with Crippen molar-refractivity contribution < 1.29 is 24.3 Å². The number of imide groups is 1. The molecule has 0 aromatic carbocycles. The van der Waals surface area contributed by atoms with Gasteiger partial charge in [-0.3, -0.25) is 24.1 Å². The molecular formula is C10H12N2O5. The lowest BCUT2D eigenvalue weighted by Crippen LogP contribution is -2.49. The maximum Gasteiger partial charge on any atom is 0.243 e. The van der Waals surface area contributed by atoms with Gasteiger partial charge in [0, 0.05) is 25.8 Å². The molecule has 1 aliphatic rings. The Morgan fingerprint density at radius 1 is 1.35 bits per heavy atom. The van der Waals surface area contributed by atoms with Crippen LogP contribution in [0.3, 0.4) is 0 Å². The summed E-state index contributed by atoms with van der Waals surface area (Å²) in [7, 11) is 0. The minimum absolute atomic E-state index is 0.0447. The van der Waals surface area contributed by atoms with Crippen molar-refractivity contribution in [2.45, 2.75) is 25.3 Å². The summed E-state index contributed by atoms with van der Waals surface area (Å²) in [4.78, 5) is 45.6. The van der Waals surface area contributed by atoms with Crippen molar-refractivity contribution in [3.8, 4) is 0 Å². The van der Waals surface area contributed by atoms with Crippen LogP contribution in [-0.2, 0) is 24.3 Å². The van der Waals surface area contributed by atoms with E-state index in [-0.39, 0.29) is 25.8 Å². The quantitative estimate of drug-likeness (QED) is 0.573. The molecular weight excluding hydrogens is 228 g/mol. The second kappa shape index (κ2) is 6.09. The third-order valence-electron chi connectivity index (χ3n) is 2.38. The van der Waals surface area contributed by atoms with E-state index in [0.717, 1.165) is 4.90 Å². The molecule has 3 amide bonds. The molecule has 0 saturated carbocycles. The van der Waals surface area contributed by atoms with Crippen molar-refractivity contribution in [3.05, 3.63) is 0 Å². The Kier molecular flexibility index (Phi) is 4.77. The smallest absolute Gasteiger partial charge is 0.243 e. The van der Waals surface area contributed by atoms with E-state index < -0.39 is 30.4 Å². The number of carbonyl (C=O) groups is 3. The van der Waals surface area contributed by atoms with Gasteiger partial charge in [-0.2, -0.15) is 0 Å². The maximum absolute atomic E-state index is 11.6. The number of amides is 3. The van der Waals surface area contributed by atoms with Gasteiger partial charge in [-0.15, -0.1) is 0 Å². The van der Waals surface area contributed by atoms with Crippen LogP contribution >= 0.6 is 0 Å². The number of likely N-dealkylation sites (tertiary alicyclic amines) is 1. The molecule has 1 heterocycles. The minimum atomic E-state index is -1.18. The van der Waals surface area contributed by atoms with Crippen LogP contribution in [0, 0.1) is 0 Å². The van der Waals surface area contributed by atoms with E-state index in [4.69, 9.17) is 0 Å². The highest BCUT2D eigenvalue weighted by Gasteiger charge is 2.38. The average Bonchev–Trinajstić information content (AvgIpc) is 2.63. The van der Waals surface area contributed by atoms with Gasteiger partial charge in [0.05, 0.1) is 6.61 Å². The van der Waals surface area contributed by atoms with E-state index in [2.05, 4.69) is 5.32 Å². The first-order chi connectivity index (χ1) is 8.11. The summed E-state index contributed by atoms with van der Waals surface area (Å²) < 4.78 is 0. The Morgan fingerprint density at radius 2 is 1.94 bits per heavy atom. The highest BCUT2D eigenvalue weighted by Crippen LogP contribution is 2.17. The number of carbonyl (C=O) groups excluding carboxylic acids is 4. The lowest BCUT2D eigenvalue weighted by molar-refractivity contribution is -0.146. The molecule has 1 fully saturated rings. The van der Waals surface area contributed by atoms with Crippen LogP contribution < -0.4 is 5.32 Å². The summed E-state index contributed by atoms with van der Waals surface area (Å²) >= 11 is 0. The second-order valence-electron chi connectivity index (χ2n) is 3.52. The van der Waals surface area contributed by atoms with Gasteiger partial charge < -0.3 is 5.32 Å². The fraction of sp³-hybridized carbons (Fsp3) is 0.600. The Morgan fingerprint density at radius 3 is 2.41 bits per heavy atom. The highest BCUT2D eigenvalue weighted by molar-refractivity contribution is 6.06. The van der Waals surface area contributed by atoms with Gasteiger partial charge in [0.2, 0.25) is 24.0 Å². The van der Waals surface area contributed by atoms with Gasteiger partial charge in [-0.1, -0.05) is 0 Å². The van der Waals surface area contributed by atoms with Gasteiger partial charge in [0.25, 0.3) is 0 Å². The van der Waals surface area contributed by atoms with Crippen LogP contribution in [0.5, 0.6) is 0 Å². The molecule has 0 spiro atoms. The Hall–Kier alpha value is -1.76. The molecule has 2 radical (unpaired) electrons. The van der Waals surface area contributed by atoms with Crippen molar-refractivity contribution >= 4 is 24.0 Å². The van der Waals surface area contributed by atoms with Crippen molar-refractivity contribution in [3.63, 3.8) is 0 Å². The first kappa shape index (κ1) is 13.3. The number of hydrogen-bond donors (Lipinski definition) is 1. The molecule has 1 aliphatic heterocycles. The molecule has 1 rings (SSSR count). The highest BCUT2D eigenvalue weighted by atomic mass is 16.3. The summed E-state index contributed by atoms with van der Waals surface area (Å²) in [5, 5.41) is 12.5. The predicted molar refractivity (Wildman–Crippen MR) is 53.7 cm³/mol. The zero-order valence-electron chi connectivity index (χ0n) is 9.10. The monoisotopic (exact) mass is 240 g/mol. The average molecular weight is 240 g/mol.